The van der Waals surface area contributed by atoms with E-state index in [2.05, 4.69) is 11.7 Å². The third kappa shape index (κ3) is 9.05. The van der Waals surface area contributed by atoms with Crippen LogP contribution in [0, 0.1) is 0 Å². The van der Waals surface area contributed by atoms with E-state index in [1.165, 1.54) is 38.7 Å². The zero-order chi connectivity index (χ0) is 21.7. The lowest BCUT2D eigenvalue weighted by Gasteiger charge is -2.20. The van der Waals surface area contributed by atoms with Crippen molar-refractivity contribution in [2.24, 2.45) is 0 Å². The molecular weight excluding hydrogens is 372 g/mol. The number of carbonyl (C=O) groups excluding carboxylic acids is 3. The Kier molecular flexibility index (Phi) is 10.9. The van der Waals surface area contributed by atoms with Gasteiger partial charge in [0, 0.05) is 25.3 Å². The van der Waals surface area contributed by atoms with Crippen molar-refractivity contribution in [3.05, 3.63) is 48.1 Å². The van der Waals surface area contributed by atoms with E-state index in [0.717, 1.165) is 19.3 Å². The summed E-state index contributed by atoms with van der Waals surface area (Å²) in [5, 5.41) is 10.8. The predicted molar refractivity (Wildman–Crippen MR) is 111 cm³/mol. The second kappa shape index (κ2) is 12.9. The minimum Gasteiger partial charge on any atom is -0.469 e. The van der Waals surface area contributed by atoms with Crippen molar-refractivity contribution in [2.45, 2.75) is 70.5 Å². The monoisotopic (exact) mass is 404 g/mol. The molecule has 0 amide bonds. The largest absolute Gasteiger partial charge is 0.469 e. The van der Waals surface area contributed by atoms with Gasteiger partial charge in [-0.15, -0.1) is 0 Å². The number of carbonyl (C=O) groups is 3. The zero-order valence-electron chi connectivity index (χ0n) is 17.6. The molecule has 0 aliphatic heterocycles. The van der Waals surface area contributed by atoms with Gasteiger partial charge >= 0.3 is 11.9 Å². The Morgan fingerprint density at radius 2 is 2.03 bits per heavy atom. The first kappa shape index (κ1) is 24.6. The average molecular weight is 405 g/mol. The van der Waals surface area contributed by atoms with Crippen LogP contribution in [-0.2, 0) is 23.9 Å². The molecule has 0 aromatic rings. The van der Waals surface area contributed by atoms with Gasteiger partial charge in [-0.3, -0.25) is 14.4 Å². The first-order chi connectivity index (χ1) is 13.8. The van der Waals surface area contributed by atoms with Crippen LogP contribution in [-0.4, -0.2) is 41.6 Å². The van der Waals surface area contributed by atoms with Crippen molar-refractivity contribution in [3.63, 3.8) is 0 Å². The molecule has 29 heavy (non-hydrogen) atoms. The summed E-state index contributed by atoms with van der Waals surface area (Å²) >= 11 is 0. The van der Waals surface area contributed by atoms with Crippen molar-refractivity contribution >= 4 is 17.7 Å². The quantitative estimate of drug-likeness (QED) is 0.231. The summed E-state index contributed by atoms with van der Waals surface area (Å²) in [4.78, 5) is 34.7. The molecule has 0 bridgehead atoms. The van der Waals surface area contributed by atoms with Crippen molar-refractivity contribution in [1.82, 2.24) is 0 Å². The van der Waals surface area contributed by atoms with Crippen molar-refractivity contribution in [3.8, 4) is 0 Å². The smallest absolute Gasteiger partial charge is 0.305 e. The van der Waals surface area contributed by atoms with Crippen LogP contribution in [0.3, 0.4) is 0 Å². The topological polar surface area (TPSA) is 89.9 Å². The Morgan fingerprint density at radius 3 is 2.69 bits per heavy atom. The van der Waals surface area contributed by atoms with Crippen molar-refractivity contribution < 1.29 is 29.0 Å². The molecule has 0 aromatic carbocycles. The Bertz CT molecular complexity index is 685. The number of allylic oxidation sites excluding steroid dienone is 4. The van der Waals surface area contributed by atoms with E-state index in [9.17, 15) is 19.5 Å². The maximum atomic E-state index is 12.2. The van der Waals surface area contributed by atoms with E-state index in [1.807, 2.05) is 12.2 Å². The van der Waals surface area contributed by atoms with E-state index in [4.69, 9.17) is 4.74 Å². The molecule has 0 radical (unpaired) electrons. The molecule has 1 unspecified atom stereocenters. The van der Waals surface area contributed by atoms with Gasteiger partial charge in [0.25, 0.3) is 0 Å². The lowest BCUT2D eigenvalue weighted by molar-refractivity contribution is -0.147. The molecule has 0 fully saturated rings. The highest BCUT2D eigenvalue weighted by Crippen LogP contribution is 2.30. The fourth-order valence-corrected chi connectivity index (χ4v) is 2.95. The van der Waals surface area contributed by atoms with Gasteiger partial charge in [-0.25, -0.2) is 0 Å². The Morgan fingerprint density at radius 1 is 1.28 bits per heavy atom. The normalized spacial score (nSPS) is 21.4. The number of ether oxygens (including phenoxy) is 2. The Hall–Kier alpha value is -2.47. The van der Waals surface area contributed by atoms with Crippen molar-refractivity contribution in [2.75, 3.05) is 7.11 Å². The molecule has 2 atom stereocenters. The second-order valence-corrected chi connectivity index (χ2v) is 7.02. The summed E-state index contributed by atoms with van der Waals surface area (Å²) in [6, 6.07) is 0. The van der Waals surface area contributed by atoms with Crippen LogP contribution in [0.25, 0.3) is 0 Å². The molecule has 1 N–H and O–H groups in total. The third-order valence-electron chi connectivity index (χ3n) is 4.58. The molecule has 6 nitrogen and oxygen atoms in total. The summed E-state index contributed by atoms with van der Waals surface area (Å²) in [7, 11) is 1.29. The molecule has 0 spiro atoms. The molecule has 1 aliphatic carbocycles. The number of aliphatic hydroxyl groups is 1. The van der Waals surface area contributed by atoms with Crippen LogP contribution in [0.1, 0.15) is 58.8 Å². The number of hydrogen-bond acceptors (Lipinski definition) is 6. The molecule has 160 valence electrons. The van der Waals surface area contributed by atoms with Gasteiger partial charge in [0.15, 0.2) is 5.78 Å². The summed E-state index contributed by atoms with van der Waals surface area (Å²) in [5.74, 6) is -1.13. The van der Waals surface area contributed by atoms with Gasteiger partial charge in [0.05, 0.1) is 7.11 Å². The van der Waals surface area contributed by atoms with E-state index in [-0.39, 0.29) is 24.2 Å². The summed E-state index contributed by atoms with van der Waals surface area (Å²) in [6.07, 6.45) is 15.9. The first-order valence-corrected chi connectivity index (χ1v) is 10.1. The molecule has 0 aromatic heterocycles. The maximum Gasteiger partial charge on any atom is 0.305 e. The van der Waals surface area contributed by atoms with Crippen LogP contribution < -0.4 is 0 Å². The van der Waals surface area contributed by atoms with Gasteiger partial charge in [-0.2, -0.15) is 0 Å². The van der Waals surface area contributed by atoms with E-state index >= 15 is 0 Å². The number of hydrogen-bond donors (Lipinski definition) is 1. The van der Waals surface area contributed by atoms with Crippen LogP contribution in [0.5, 0.6) is 0 Å². The second-order valence-electron chi connectivity index (χ2n) is 7.02. The predicted octanol–water partition coefficient (Wildman–Crippen LogP) is 3.75. The maximum absolute atomic E-state index is 12.2. The summed E-state index contributed by atoms with van der Waals surface area (Å²) in [6.45, 7) is 3.43. The van der Waals surface area contributed by atoms with Crippen LogP contribution in [0.2, 0.25) is 0 Å². The summed E-state index contributed by atoms with van der Waals surface area (Å²) < 4.78 is 9.76. The number of methoxy groups -OCH3 is 1. The average Bonchev–Trinajstić information content (AvgIpc) is 2.96. The molecular formula is C23H32O6. The Balaban J connectivity index is 2.78. The Labute approximate surface area is 173 Å². The van der Waals surface area contributed by atoms with Crippen LogP contribution in [0.4, 0.5) is 0 Å². The fraction of sp³-hybridized carbons (Fsp3) is 0.522. The standard InChI is InChI=1S/C23H32O6/c1-4-5-6-7-8-9-16-23(27)17-15-21(25)20(23)12-10-11-19(29-18(2)24)13-14-22(26)28-3/h8-12,15,17,19,27H,4-7,13-14,16H2,1-3H3/b9-8?,11-10+,20-12+/t19?,23-/m1/s1. The van der Waals surface area contributed by atoms with Crippen LogP contribution >= 0.6 is 0 Å². The molecule has 0 saturated heterocycles. The molecule has 0 heterocycles. The molecule has 0 saturated carbocycles. The number of unbranched alkanes of at least 4 members (excludes halogenated alkanes) is 3. The lowest BCUT2D eigenvalue weighted by Crippen LogP contribution is -2.27. The highest BCUT2D eigenvalue weighted by molar-refractivity contribution is 6.09. The zero-order valence-corrected chi connectivity index (χ0v) is 17.6. The third-order valence-corrected chi connectivity index (χ3v) is 4.58. The van der Waals surface area contributed by atoms with Crippen LogP contribution in [0.15, 0.2) is 48.1 Å². The lowest BCUT2D eigenvalue weighted by atomic mass is 9.92. The van der Waals surface area contributed by atoms with Gasteiger partial charge in [-0.1, -0.05) is 44.1 Å². The number of rotatable bonds is 12. The van der Waals surface area contributed by atoms with Gasteiger partial charge in [0.2, 0.25) is 0 Å². The molecule has 1 aliphatic rings. The summed E-state index contributed by atoms with van der Waals surface area (Å²) in [5.41, 5.74) is -1.08. The van der Waals surface area contributed by atoms with Crippen molar-refractivity contribution in [1.29, 1.82) is 0 Å². The van der Waals surface area contributed by atoms with Gasteiger partial charge in [-0.05, 0) is 37.5 Å². The van der Waals surface area contributed by atoms with Gasteiger partial charge < -0.3 is 14.6 Å². The number of esters is 2. The minimum atomic E-state index is -1.34. The van der Waals surface area contributed by atoms with E-state index in [1.54, 1.807) is 12.2 Å². The molecule has 6 heteroatoms. The number of ketones is 1. The highest BCUT2D eigenvalue weighted by Gasteiger charge is 2.35. The molecule has 1 rings (SSSR count). The SMILES string of the molecule is CCCCCC=CC[C@@]1(O)C=CC(=O)/C1=C\C=C\C(CCC(=O)OC)OC(C)=O. The van der Waals surface area contributed by atoms with E-state index < -0.39 is 23.6 Å². The van der Waals surface area contributed by atoms with E-state index in [0.29, 0.717) is 6.42 Å². The first-order valence-electron chi connectivity index (χ1n) is 10.1. The minimum absolute atomic E-state index is 0.0998. The highest BCUT2D eigenvalue weighted by atomic mass is 16.5. The fourth-order valence-electron chi connectivity index (χ4n) is 2.95. The van der Waals surface area contributed by atoms with Gasteiger partial charge in [0.1, 0.15) is 11.7 Å².